The SMILES string of the molecule is Cc1cc(-c2cc[c]cc2)co1. The molecule has 0 bridgehead atoms. The summed E-state index contributed by atoms with van der Waals surface area (Å²) in [4.78, 5) is 0. The van der Waals surface area contributed by atoms with Crippen LogP contribution in [0.3, 0.4) is 0 Å². The molecule has 1 aromatic carbocycles. The van der Waals surface area contributed by atoms with Crippen molar-refractivity contribution in [1.29, 1.82) is 0 Å². The fourth-order valence-electron chi connectivity index (χ4n) is 1.17. The van der Waals surface area contributed by atoms with E-state index < -0.39 is 0 Å². The van der Waals surface area contributed by atoms with E-state index in [0.717, 1.165) is 11.3 Å². The third-order valence-electron chi connectivity index (χ3n) is 1.78. The van der Waals surface area contributed by atoms with Crippen molar-refractivity contribution < 1.29 is 4.42 Å². The maximum atomic E-state index is 5.21. The minimum atomic E-state index is 0.942. The second-order valence-corrected chi connectivity index (χ2v) is 2.73. The summed E-state index contributed by atoms with van der Waals surface area (Å²) in [6, 6.07) is 12.8. The van der Waals surface area contributed by atoms with Crippen molar-refractivity contribution in [2.24, 2.45) is 0 Å². The van der Waals surface area contributed by atoms with E-state index in [-0.39, 0.29) is 0 Å². The monoisotopic (exact) mass is 157 g/mol. The number of benzene rings is 1. The zero-order valence-corrected chi connectivity index (χ0v) is 6.87. The first kappa shape index (κ1) is 7.17. The highest BCUT2D eigenvalue weighted by atomic mass is 16.3. The van der Waals surface area contributed by atoms with E-state index in [1.165, 1.54) is 5.56 Å². The smallest absolute Gasteiger partial charge is 0.101 e. The third kappa shape index (κ3) is 1.26. The molecule has 1 radical (unpaired) electrons. The van der Waals surface area contributed by atoms with Gasteiger partial charge < -0.3 is 4.42 Å². The zero-order chi connectivity index (χ0) is 8.39. The van der Waals surface area contributed by atoms with Crippen molar-refractivity contribution in [3.8, 4) is 11.1 Å². The van der Waals surface area contributed by atoms with Crippen LogP contribution in [0.1, 0.15) is 5.76 Å². The van der Waals surface area contributed by atoms with Crippen LogP contribution in [0.15, 0.2) is 41.0 Å². The minimum absolute atomic E-state index is 0.942. The molecule has 0 N–H and O–H groups in total. The van der Waals surface area contributed by atoms with Crippen molar-refractivity contribution in [3.05, 3.63) is 48.4 Å². The lowest BCUT2D eigenvalue weighted by molar-refractivity contribution is 0.535. The predicted molar refractivity (Wildman–Crippen MR) is 47.7 cm³/mol. The normalized spacial score (nSPS) is 10.1. The molecule has 2 rings (SSSR count). The summed E-state index contributed by atoms with van der Waals surface area (Å²) in [6.07, 6.45) is 1.77. The summed E-state index contributed by atoms with van der Waals surface area (Å²) in [5.74, 6) is 0.942. The Morgan fingerprint density at radius 2 is 1.92 bits per heavy atom. The van der Waals surface area contributed by atoms with Gasteiger partial charge in [-0.3, -0.25) is 0 Å². The molecule has 0 aliphatic carbocycles. The largest absolute Gasteiger partial charge is 0.469 e. The van der Waals surface area contributed by atoms with Gasteiger partial charge in [-0.25, -0.2) is 0 Å². The van der Waals surface area contributed by atoms with E-state index >= 15 is 0 Å². The molecular formula is C11H9O. The highest BCUT2D eigenvalue weighted by Gasteiger charge is 1.98. The Kier molecular flexibility index (Phi) is 1.71. The number of hydrogen-bond acceptors (Lipinski definition) is 1. The predicted octanol–water partition coefficient (Wildman–Crippen LogP) is 3.06. The van der Waals surface area contributed by atoms with Crippen LogP contribution in [0, 0.1) is 13.0 Å². The molecule has 2 aromatic rings. The zero-order valence-electron chi connectivity index (χ0n) is 6.87. The van der Waals surface area contributed by atoms with E-state index in [1.54, 1.807) is 6.26 Å². The number of aryl methyl sites for hydroxylation is 1. The maximum Gasteiger partial charge on any atom is 0.101 e. The first-order valence-electron chi connectivity index (χ1n) is 3.88. The fraction of sp³-hybridized carbons (Fsp3) is 0.0909. The van der Waals surface area contributed by atoms with Crippen LogP contribution in [0.4, 0.5) is 0 Å². The average molecular weight is 157 g/mol. The first-order chi connectivity index (χ1) is 5.86. The lowest BCUT2D eigenvalue weighted by Gasteiger charge is -1.92. The van der Waals surface area contributed by atoms with Crippen LogP contribution < -0.4 is 0 Å². The van der Waals surface area contributed by atoms with Gasteiger partial charge in [-0.15, -0.1) is 0 Å². The van der Waals surface area contributed by atoms with Crippen LogP contribution in [-0.4, -0.2) is 0 Å². The summed E-state index contributed by atoms with van der Waals surface area (Å²) in [7, 11) is 0. The van der Waals surface area contributed by atoms with Gasteiger partial charge >= 0.3 is 0 Å². The third-order valence-corrected chi connectivity index (χ3v) is 1.78. The van der Waals surface area contributed by atoms with Gasteiger partial charge in [-0.1, -0.05) is 24.3 Å². The summed E-state index contributed by atoms with van der Waals surface area (Å²) in [5.41, 5.74) is 2.30. The number of furan rings is 1. The molecule has 59 valence electrons. The summed E-state index contributed by atoms with van der Waals surface area (Å²) < 4.78 is 5.21. The highest BCUT2D eigenvalue weighted by molar-refractivity contribution is 5.62. The van der Waals surface area contributed by atoms with Crippen molar-refractivity contribution in [2.75, 3.05) is 0 Å². The molecule has 0 saturated heterocycles. The van der Waals surface area contributed by atoms with Crippen LogP contribution >= 0.6 is 0 Å². The summed E-state index contributed by atoms with van der Waals surface area (Å²) in [6.45, 7) is 1.94. The van der Waals surface area contributed by atoms with Gasteiger partial charge in [0.2, 0.25) is 0 Å². The van der Waals surface area contributed by atoms with Gasteiger partial charge in [-0.05, 0) is 24.6 Å². The molecule has 0 aliphatic rings. The van der Waals surface area contributed by atoms with Gasteiger partial charge in [0.05, 0.1) is 6.26 Å². The summed E-state index contributed by atoms with van der Waals surface area (Å²) >= 11 is 0. The average Bonchev–Trinajstić information content (AvgIpc) is 2.54. The minimum Gasteiger partial charge on any atom is -0.469 e. The molecule has 1 heterocycles. The topological polar surface area (TPSA) is 13.1 Å². The molecule has 0 saturated carbocycles. The van der Waals surface area contributed by atoms with E-state index in [1.807, 2.05) is 37.3 Å². The molecule has 0 amide bonds. The Morgan fingerprint density at radius 1 is 1.17 bits per heavy atom. The Balaban J connectivity index is 2.45. The van der Waals surface area contributed by atoms with Gasteiger partial charge in [0, 0.05) is 5.56 Å². The molecular weight excluding hydrogens is 148 g/mol. The van der Waals surface area contributed by atoms with Gasteiger partial charge in [0.25, 0.3) is 0 Å². The molecule has 12 heavy (non-hydrogen) atoms. The Hall–Kier alpha value is -1.50. The van der Waals surface area contributed by atoms with Gasteiger partial charge in [0.15, 0.2) is 0 Å². The van der Waals surface area contributed by atoms with E-state index in [9.17, 15) is 0 Å². The molecule has 0 unspecified atom stereocenters. The summed E-state index contributed by atoms with van der Waals surface area (Å²) in [5, 5.41) is 0. The number of hydrogen-bond donors (Lipinski definition) is 0. The second kappa shape index (κ2) is 2.86. The molecule has 0 fully saturated rings. The van der Waals surface area contributed by atoms with Crippen LogP contribution in [-0.2, 0) is 0 Å². The van der Waals surface area contributed by atoms with E-state index in [0.29, 0.717) is 0 Å². The maximum absolute atomic E-state index is 5.21. The molecule has 0 spiro atoms. The Labute approximate surface area is 71.6 Å². The molecule has 1 nitrogen and oxygen atoms in total. The van der Waals surface area contributed by atoms with Crippen LogP contribution in [0.25, 0.3) is 11.1 Å². The second-order valence-electron chi connectivity index (χ2n) is 2.73. The lowest BCUT2D eigenvalue weighted by atomic mass is 10.1. The van der Waals surface area contributed by atoms with Gasteiger partial charge in [0.1, 0.15) is 5.76 Å². The van der Waals surface area contributed by atoms with Gasteiger partial charge in [-0.2, -0.15) is 0 Å². The van der Waals surface area contributed by atoms with Crippen molar-refractivity contribution in [2.45, 2.75) is 6.92 Å². The van der Waals surface area contributed by atoms with Crippen molar-refractivity contribution >= 4 is 0 Å². The quantitative estimate of drug-likeness (QED) is 0.620. The fourth-order valence-corrected chi connectivity index (χ4v) is 1.17. The molecule has 1 aromatic heterocycles. The number of rotatable bonds is 1. The van der Waals surface area contributed by atoms with E-state index in [4.69, 9.17) is 4.42 Å². The molecule has 1 heteroatoms. The Bertz CT molecular complexity index is 360. The standard InChI is InChI=1S/C11H9O/c1-9-7-11(8-12-9)10-5-3-2-4-6-10/h3-8H,1H3. The first-order valence-corrected chi connectivity index (χ1v) is 3.88. The molecule has 0 aliphatic heterocycles. The Morgan fingerprint density at radius 3 is 2.50 bits per heavy atom. The van der Waals surface area contributed by atoms with E-state index in [2.05, 4.69) is 6.07 Å². The van der Waals surface area contributed by atoms with Crippen molar-refractivity contribution in [3.63, 3.8) is 0 Å². The van der Waals surface area contributed by atoms with Crippen molar-refractivity contribution in [1.82, 2.24) is 0 Å². The van der Waals surface area contributed by atoms with Crippen LogP contribution in [0.2, 0.25) is 0 Å². The highest BCUT2D eigenvalue weighted by Crippen LogP contribution is 2.20. The molecule has 0 atom stereocenters. The van der Waals surface area contributed by atoms with Crippen LogP contribution in [0.5, 0.6) is 0 Å². The lowest BCUT2D eigenvalue weighted by Crippen LogP contribution is -1.70.